The molecule has 122 valence electrons. The Hall–Kier alpha value is -1.61. The van der Waals surface area contributed by atoms with Crippen LogP contribution in [0.3, 0.4) is 0 Å². The molecule has 3 aromatic carbocycles. The summed E-state index contributed by atoms with van der Waals surface area (Å²) in [5.74, 6) is 0. The van der Waals surface area contributed by atoms with Crippen LogP contribution in [0.25, 0.3) is 21.5 Å². The van der Waals surface area contributed by atoms with Gasteiger partial charge in [0.2, 0.25) is 0 Å². The molecule has 23 heavy (non-hydrogen) atoms. The molecule has 0 fully saturated rings. The summed E-state index contributed by atoms with van der Waals surface area (Å²) in [4.78, 5) is 0. The van der Waals surface area contributed by atoms with Gasteiger partial charge in [0.1, 0.15) is 0 Å². The van der Waals surface area contributed by atoms with Gasteiger partial charge in [0.05, 0.1) is 6.10 Å². The van der Waals surface area contributed by atoms with Crippen molar-refractivity contribution in [1.82, 2.24) is 5.32 Å². The maximum absolute atomic E-state index is 10.6. The van der Waals surface area contributed by atoms with Crippen LogP contribution in [0.4, 0.5) is 0 Å². The van der Waals surface area contributed by atoms with Crippen molar-refractivity contribution in [3.8, 4) is 0 Å². The maximum Gasteiger partial charge on any atom is 0.0920 e. The molecule has 0 bridgehead atoms. The van der Waals surface area contributed by atoms with E-state index in [9.17, 15) is 5.11 Å². The molecule has 0 heterocycles. The zero-order chi connectivity index (χ0) is 15.4. The molecule has 2 N–H and O–H groups in total. The van der Waals surface area contributed by atoms with Crippen molar-refractivity contribution in [3.05, 3.63) is 60.2 Å². The van der Waals surface area contributed by atoms with Gasteiger partial charge in [-0.3, -0.25) is 0 Å². The minimum absolute atomic E-state index is 0. The van der Waals surface area contributed by atoms with Gasteiger partial charge in [-0.2, -0.15) is 0 Å². The van der Waals surface area contributed by atoms with E-state index in [-0.39, 0.29) is 12.4 Å². The number of aliphatic hydroxyl groups is 1. The fraction of sp³-hybridized carbons (Fsp3) is 0.300. The summed E-state index contributed by atoms with van der Waals surface area (Å²) in [6.45, 7) is 3.73. The van der Waals surface area contributed by atoms with Crippen LogP contribution in [-0.4, -0.2) is 18.2 Å². The molecule has 0 radical (unpaired) electrons. The average Bonchev–Trinajstić information content (AvgIpc) is 2.58. The second-order valence-corrected chi connectivity index (χ2v) is 5.81. The topological polar surface area (TPSA) is 32.3 Å². The molecule has 0 aliphatic rings. The third kappa shape index (κ3) is 3.84. The molecule has 0 aromatic heterocycles. The Bertz CT molecular complexity index is 772. The Morgan fingerprint density at radius 3 is 2.35 bits per heavy atom. The van der Waals surface area contributed by atoms with Gasteiger partial charge in [-0.05, 0) is 46.1 Å². The van der Waals surface area contributed by atoms with Crippen LogP contribution in [0.15, 0.2) is 54.6 Å². The first-order valence-corrected chi connectivity index (χ1v) is 8.10. The lowest BCUT2D eigenvalue weighted by molar-refractivity contribution is 0.176. The lowest BCUT2D eigenvalue weighted by atomic mass is 9.94. The molecule has 0 saturated carbocycles. The summed E-state index contributed by atoms with van der Waals surface area (Å²) in [7, 11) is 0. The summed E-state index contributed by atoms with van der Waals surface area (Å²) in [5, 5.41) is 18.7. The molecule has 1 unspecified atom stereocenters. The number of hydrogen-bond acceptors (Lipinski definition) is 2. The number of aliphatic hydroxyl groups excluding tert-OH is 1. The zero-order valence-corrected chi connectivity index (χ0v) is 14.3. The van der Waals surface area contributed by atoms with E-state index < -0.39 is 6.10 Å². The van der Waals surface area contributed by atoms with Gasteiger partial charge in [-0.15, -0.1) is 12.4 Å². The van der Waals surface area contributed by atoms with Crippen molar-refractivity contribution < 1.29 is 5.11 Å². The van der Waals surface area contributed by atoms with Gasteiger partial charge in [0, 0.05) is 6.54 Å². The van der Waals surface area contributed by atoms with E-state index in [1.165, 1.54) is 22.6 Å². The molecule has 3 rings (SSSR count). The molecular formula is C20H24ClNO. The molecule has 0 amide bonds. The molecule has 0 aliphatic carbocycles. The number of nitrogens with one attached hydrogen (secondary N) is 1. The van der Waals surface area contributed by atoms with Crippen LogP contribution in [-0.2, 0) is 0 Å². The van der Waals surface area contributed by atoms with Crippen LogP contribution in [0.5, 0.6) is 0 Å². The number of benzene rings is 3. The second kappa shape index (κ2) is 8.30. The third-order valence-electron chi connectivity index (χ3n) is 4.20. The highest BCUT2D eigenvalue weighted by atomic mass is 35.5. The molecule has 3 heteroatoms. The number of halogens is 1. The van der Waals surface area contributed by atoms with Gasteiger partial charge in [-0.25, -0.2) is 0 Å². The van der Waals surface area contributed by atoms with Crippen molar-refractivity contribution in [1.29, 1.82) is 0 Å². The number of unbranched alkanes of at least 4 members (excludes halogenated alkanes) is 1. The summed E-state index contributed by atoms with van der Waals surface area (Å²) in [6, 6.07) is 18.8. The minimum Gasteiger partial charge on any atom is -0.387 e. The van der Waals surface area contributed by atoms with E-state index in [1.54, 1.807) is 0 Å². The quantitative estimate of drug-likeness (QED) is 0.501. The second-order valence-electron chi connectivity index (χ2n) is 5.81. The Morgan fingerprint density at radius 1 is 0.957 bits per heavy atom. The molecule has 0 saturated heterocycles. The molecule has 3 aromatic rings. The Labute approximate surface area is 143 Å². The summed E-state index contributed by atoms with van der Waals surface area (Å²) >= 11 is 0. The molecule has 1 atom stereocenters. The van der Waals surface area contributed by atoms with Gasteiger partial charge in [0.15, 0.2) is 0 Å². The Balaban J connectivity index is 0.00000192. The monoisotopic (exact) mass is 329 g/mol. The molecule has 0 aliphatic heterocycles. The normalized spacial score (nSPS) is 12.3. The highest BCUT2D eigenvalue weighted by molar-refractivity contribution is 6.09. The van der Waals surface area contributed by atoms with E-state index in [0.717, 1.165) is 23.9 Å². The van der Waals surface area contributed by atoms with E-state index in [2.05, 4.69) is 54.7 Å². The van der Waals surface area contributed by atoms with Gasteiger partial charge in [-0.1, -0.05) is 61.9 Å². The minimum atomic E-state index is -0.480. The van der Waals surface area contributed by atoms with Crippen LogP contribution in [0.2, 0.25) is 0 Å². The van der Waals surface area contributed by atoms with Crippen LogP contribution in [0.1, 0.15) is 31.4 Å². The summed E-state index contributed by atoms with van der Waals surface area (Å²) in [5.41, 5.74) is 1.01. The number of rotatable bonds is 6. The van der Waals surface area contributed by atoms with Gasteiger partial charge >= 0.3 is 0 Å². The van der Waals surface area contributed by atoms with Gasteiger partial charge < -0.3 is 10.4 Å². The average molecular weight is 330 g/mol. The Kier molecular flexibility index (Phi) is 6.40. The van der Waals surface area contributed by atoms with Crippen molar-refractivity contribution in [3.63, 3.8) is 0 Å². The first-order chi connectivity index (χ1) is 10.8. The number of hydrogen-bond donors (Lipinski definition) is 2. The lowest BCUT2D eigenvalue weighted by Gasteiger charge is -2.16. The highest BCUT2D eigenvalue weighted by Crippen LogP contribution is 2.31. The lowest BCUT2D eigenvalue weighted by Crippen LogP contribution is -2.22. The van der Waals surface area contributed by atoms with Crippen molar-refractivity contribution >= 4 is 34.0 Å². The molecular weight excluding hydrogens is 306 g/mol. The van der Waals surface area contributed by atoms with Crippen LogP contribution >= 0.6 is 12.4 Å². The first kappa shape index (κ1) is 17.7. The first-order valence-electron chi connectivity index (χ1n) is 8.10. The predicted octanol–water partition coefficient (Wildman–Crippen LogP) is 4.84. The van der Waals surface area contributed by atoms with Crippen LogP contribution in [0, 0.1) is 0 Å². The summed E-state index contributed by atoms with van der Waals surface area (Å²) in [6.07, 6.45) is 1.83. The van der Waals surface area contributed by atoms with E-state index >= 15 is 0 Å². The fourth-order valence-corrected chi connectivity index (χ4v) is 3.01. The third-order valence-corrected chi connectivity index (χ3v) is 4.20. The highest BCUT2D eigenvalue weighted by Gasteiger charge is 2.13. The molecule has 0 spiro atoms. The van der Waals surface area contributed by atoms with E-state index in [0.29, 0.717) is 6.54 Å². The predicted molar refractivity (Wildman–Crippen MR) is 101 cm³/mol. The zero-order valence-electron chi connectivity index (χ0n) is 13.5. The smallest absolute Gasteiger partial charge is 0.0920 e. The standard InChI is InChI=1S/C20H23NO.ClH/c1-2-3-12-21-14-20(22)19-13-15-8-4-5-9-16(15)17-10-6-7-11-18(17)19;/h4-11,13,20-22H,2-3,12,14H2,1H3;1H. The largest absolute Gasteiger partial charge is 0.387 e. The van der Waals surface area contributed by atoms with E-state index in [1.807, 2.05) is 12.1 Å². The fourth-order valence-electron chi connectivity index (χ4n) is 3.01. The van der Waals surface area contributed by atoms with Crippen molar-refractivity contribution in [2.45, 2.75) is 25.9 Å². The Morgan fingerprint density at radius 2 is 1.61 bits per heavy atom. The van der Waals surface area contributed by atoms with Crippen LogP contribution < -0.4 is 5.32 Å². The SMILES string of the molecule is CCCCNCC(O)c1cc2ccccc2c2ccccc12.Cl. The number of fused-ring (bicyclic) bond motifs is 3. The maximum atomic E-state index is 10.6. The molecule has 2 nitrogen and oxygen atoms in total. The van der Waals surface area contributed by atoms with E-state index in [4.69, 9.17) is 0 Å². The van der Waals surface area contributed by atoms with Gasteiger partial charge in [0.25, 0.3) is 0 Å². The van der Waals surface area contributed by atoms with Crippen molar-refractivity contribution in [2.24, 2.45) is 0 Å². The summed E-state index contributed by atoms with van der Waals surface area (Å²) < 4.78 is 0. The van der Waals surface area contributed by atoms with Crippen molar-refractivity contribution in [2.75, 3.05) is 13.1 Å².